The van der Waals surface area contributed by atoms with Crippen molar-refractivity contribution in [3.05, 3.63) is 0 Å². The zero-order chi connectivity index (χ0) is 23.9. The molecule has 0 radical (unpaired) electrons. The molecule has 0 fully saturated rings. The van der Waals surface area contributed by atoms with Crippen LogP contribution in [0.1, 0.15) is 53.4 Å². The Kier molecular flexibility index (Phi) is 19.5. The van der Waals surface area contributed by atoms with E-state index in [0.717, 1.165) is 12.8 Å². The first kappa shape index (κ1) is 34.0. The Labute approximate surface area is 193 Å². The Morgan fingerprint density at radius 3 is 1.13 bits per heavy atom. The molecule has 0 amide bonds. The van der Waals surface area contributed by atoms with Crippen LogP contribution in [-0.2, 0) is 66.7 Å². The molecule has 0 aromatic rings. The quantitative estimate of drug-likeness (QED) is 0.192. The molecule has 0 saturated heterocycles. The molecule has 18 heteroatoms. The average molecular weight is 572 g/mol. The lowest BCUT2D eigenvalue weighted by Gasteiger charge is -2.25. The molecule has 11 nitrogen and oxygen atoms in total. The van der Waals surface area contributed by atoms with Crippen molar-refractivity contribution in [2.75, 3.05) is 26.4 Å². The van der Waals surface area contributed by atoms with Crippen LogP contribution in [0.25, 0.3) is 0 Å². The van der Waals surface area contributed by atoms with Crippen LogP contribution in [0.5, 0.6) is 0 Å². The van der Waals surface area contributed by atoms with E-state index in [1.54, 1.807) is 0 Å². The van der Waals surface area contributed by atoms with Crippen LogP contribution in [0.15, 0.2) is 0 Å². The molecule has 0 saturated carbocycles. The van der Waals surface area contributed by atoms with Crippen LogP contribution in [-0.4, -0.2) is 46.0 Å². The second kappa shape index (κ2) is 17.2. The maximum Gasteiger partial charge on any atom is 0.482 e. The van der Waals surface area contributed by atoms with Gasteiger partial charge in [-0.05, 0) is 61.1 Å². The van der Waals surface area contributed by atoms with Gasteiger partial charge in [-0.2, -0.15) is 0 Å². The summed E-state index contributed by atoms with van der Waals surface area (Å²) in [5.74, 6) is 0. The first-order valence-corrected chi connectivity index (χ1v) is 18.2. The van der Waals surface area contributed by atoms with E-state index in [-0.39, 0.29) is 13.2 Å². The SMILES string of the molecule is CCCOP(=O)(OCCC)OP(=S)(OCCC)OCCC.OP(O)(=S)OP(O)(O)=S. The molecule has 4 N–H and O–H groups in total. The van der Waals surface area contributed by atoms with Crippen LogP contribution in [0.2, 0.25) is 0 Å². The van der Waals surface area contributed by atoms with E-state index in [1.807, 2.05) is 27.7 Å². The molecule has 0 aliphatic heterocycles. The largest absolute Gasteiger partial charge is 0.482 e. The molecule has 0 unspecified atom stereocenters. The number of rotatable bonds is 16. The molecule has 0 spiro atoms. The fourth-order valence-electron chi connectivity index (χ4n) is 1.24. The third-order valence-electron chi connectivity index (χ3n) is 2.23. The van der Waals surface area contributed by atoms with Gasteiger partial charge in [0.1, 0.15) is 0 Å². The molecule has 0 aliphatic rings. The average Bonchev–Trinajstić information content (AvgIpc) is 2.59. The zero-order valence-electron chi connectivity index (χ0n) is 17.3. The Morgan fingerprint density at radius 1 is 0.600 bits per heavy atom. The Balaban J connectivity index is 0. The highest BCUT2D eigenvalue weighted by atomic mass is 32.5. The standard InChI is InChI=1S/C12H28O6P2S.H4O5P2S2/c1-5-9-14-19(13,15-10-6-2)18-20(21,16-11-7-3)17-12-8-4;1-6(2,8)5-7(3,4)9/h5-12H2,1-4H3;(H2,1,2,8)(H2,3,4,9). The van der Waals surface area contributed by atoms with Crippen LogP contribution in [0, 0.1) is 0 Å². The van der Waals surface area contributed by atoms with Crippen LogP contribution in [0.4, 0.5) is 0 Å². The van der Waals surface area contributed by atoms with Gasteiger partial charge in [0, 0.05) is 0 Å². The highest BCUT2D eigenvalue weighted by Gasteiger charge is 2.36. The number of phosphoric ester groups is 1. The summed E-state index contributed by atoms with van der Waals surface area (Å²) in [6.07, 6.45) is 2.90. The second-order valence-electron chi connectivity index (χ2n) is 5.37. The fourth-order valence-corrected chi connectivity index (χ4v) is 9.09. The van der Waals surface area contributed by atoms with Gasteiger partial charge in [0.05, 0.1) is 26.4 Å². The maximum absolute atomic E-state index is 12.6. The first-order valence-electron chi connectivity index (χ1n) is 8.97. The van der Waals surface area contributed by atoms with Gasteiger partial charge in [-0.15, -0.1) is 0 Å². The monoisotopic (exact) mass is 572 g/mol. The Hall–Kier alpha value is 1.78. The Morgan fingerprint density at radius 2 is 0.900 bits per heavy atom. The Bertz CT molecular complexity index is 563. The molecule has 0 aromatic heterocycles. The van der Waals surface area contributed by atoms with Gasteiger partial charge in [-0.25, -0.2) is 13.2 Å². The van der Waals surface area contributed by atoms with Crippen molar-refractivity contribution >= 4 is 63.4 Å². The van der Waals surface area contributed by atoms with Crippen molar-refractivity contribution in [3.8, 4) is 0 Å². The van der Waals surface area contributed by atoms with Gasteiger partial charge in [-0.1, -0.05) is 27.7 Å². The van der Waals surface area contributed by atoms with Gasteiger partial charge in [0.15, 0.2) is 0 Å². The van der Waals surface area contributed by atoms with E-state index in [0.29, 0.717) is 26.1 Å². The second-order valence-corrected chi connectivity index (χ2v) is 15.7. The van der Waals surface area contributed by atoms with Crippen molar-refractivity contribution < 1.29 is 50.9 Å². The van der Waals surface area contributed by atoms with E-state index in [4.69, 9.17) is 53.8 Å². The zero-order valence-corrected chi connectivity index (χ0v) is 23.3. The van der Waals surface area contributed by atoms with Crippen LogP contribution < -0.4 is 0 Å². The molecular weight excluding hydrogens is 540 g/mol. The molecule has 0 aromatic carbocycles. The minimum atomic E-state index is -4.01. The van der Waals surface area contributed by atoms with Crippen molar-refractivity contribution in [1.29, 1.82) is 0 Å². The predicted octanol–water partition coefficient (Wildman–Crippen LogP) is 4.46. The number of hydrogen-bond acceptors (Lipinski definition) is 10. The van der Waals surface area contributed by atoms with Gasteiger partial charge >= 0.3 is 28.0 Å². The third kappa shape index (κ3) is 21.6. The summed E-state index contributed by atoms with van der Waals surface area (Å²) < 4.78 is 43.2. The molecule has 0 aliphatic carbocycles. The molecule has 0 atom stereocenters. The first-order chi connectivity index (χ1) is 13.7. The minimum absolute atomic E-state index is 0.262. The van der Waals surface area contributed by atoms with Gasteiger partial charge < -0.3 is 28.6 Å². The molecule has 184 valence electrons. The van der Waals surface area contributed by atoms with Gasteiger partial charge in [0.25, 0.3) is 0 Å². The van der Waals surface area contributed by atoms with Gasteiger partial charge in [0.2, 0.25) is 0 Å². The lowest BCUT2D eigenvalue weighted by Crippen LogP contribution is -2.05. The molecule has 0 rings (SSSR count). The molecule has 0 bridgehead atoms. The smallest absolute Gasteiger partial charge is 0.324 e. The van der Waals surface area contributed by atoms with Crippen LogP contribution in [0.3, 0.4) is 0 Å². The molecule has 0 heterocycles. The lowest BCUT2D eigenvalue weighted by molar-refractivity contribution is 0.131. The van der Waals surface area contributed by atoms with E-state index in [2.05, 4.69) is 27.9 Å². The van der Waals surface area contributed by atoms with Crippen molar-refractivity contribution in [3.63, 3.8) is 0 Å². The minimum Gasteiger partial charge on any atom is -0.324 e. The number of phosphoric acid groups is 1. The summed E-state index contributed by atoms with van der Waals surface area (Å²) in [6, 6.07) is 0. The maximum atomic E-state index is 12.6. The van der Waals surface area contributed by atoms with Gasteiger partial charge in [-0.3, -0.25) is 9.05 Å². The normalized spacial score (nSPS) is 13.1. The highest BCUT2D eigenvalue weighted by Crippen LogP contribution is 2.66. The summed E-state index contributed by atoms with van der Waals surface area (Å²) in [5, 5.41) is 0. The van der Waals surface area contributed by atoms with E-state index in [1.165, 1.54) is 0 Å². The van der Waals surface area contributed by atoms with Crippen molar-refractivity contribution in [1.82, 2.24) is 0 Å². The summed E-state index contributed by atoms with van der Waals surface area (Å²) in [7, 11) is -3.76. The van der Waals surface area contributed by atoms with E-state index in [9.17, 15) is 4.57 Å². The third-order valence-corrected chi connectivity index (χ3v) is 9.96. The van der Waals surface area contributed by atoms with Crippen molar-refractivity contribution in [2.45, 2.75) is 53.4 Å². The van der Waals surface area contributed by atoms with E-state index < -0.39 is 28.0 Å². The topological polar surface area (TPSA) is 153 Å². The van der Waals surface area contributed by atoms with E-state index >= 15 is 0 Å². The van der Waals surface area contributed by atoms with Crippen molar-refractivity contribution in [2.24, 2.45) is 0 Å². The highest BCUT2D eigenvalue weighted by molar-refractivity contribution is 8.13. The summed E-state index contributed by atoms with van der Waals surface area (Å²) in [5.41, 5.74) is 0. The summed E-state index contributed by atoms with van der Waals surface area (Å²) in [6.45, 7) is -2.18. The molecular formula is C12H32O11P4S3. The van der Waals surface area contributed by atoms with Crippen LogP contribution >= 0.6 is 28.0 Å². The lowest BCUT2D eigenvalue weighted by atomic mass is 10.5. The predicted molar refractivity (Wildman–Crippen MR) is 126 cm³/mol. The summed E-state index contributed by atoms with van der Waals surface area (Å²) >= 11 is 13.0. The molecule has 30 heavy (non-hydrogen) atoms. The number of hydrogen-bond donors (Lipinski definition) is 4. The fraction of sp³-hybridized carbons (Fsp3) is 1.00. The summed E-state index contributed by atoms with van der Waals surface area (Å²) in [4.78, 5) is 33.0.